The predicted octanol–water partition coefficient (Wildman–Crippen LogP) is 2.93. The smallest absolute Gasteiger partial charge is 0.123 e. The lowest BCUT2D eigenvalue weighted by atomic mass is 9.99. The van der Waals surface area contributed by atoms with Gasteiger partial charge in [-0.2, -0.15) is 0 Å². The lowest BCUT2D eigenvalue weighted by Gasteiger charge is -2.15. The third kappa shape index (κ3) is 2.13. The Balaban J connectivity index is 2.00. The molecule has 0 saturated heterocycles. The molecule has 17 heavy (non-hydrogen) atoms. The molecular weight excluding hydrogens is 228 g/mol. The molecule has 0 spiro atoms. The number of nitrogens with two attached hydrogens (primary N) is 1. The second-order valence-corrected chi connectivity index (χ2v) is 5.84. The molecule has 88 valence electrons. The molecular formula is C14H16N2S. The maximum atomic E-state index is 6.00. The quantitative estimate of drug-likeness (QED) is 0.837. The molecule has 2 N–H and O–H groups in total. The fourth-order valence-corrected chi connectivity index (χ4v) is 3.50. The number of thiazole rings is 1. The summed E-state index contributed by atoms with van der Waals surface area (Å²) in [4.78, 5) is 6.15. The molecule has 0 saturated carbocycles. The molecule has 1 atom stereocenters. The first kappa shape index (κ1) is 10.9. The topological polar surface area (TPSA) is 38.9 Å². The average Bonchev–Trinajstić information content (AvgIpc) is 2.72. The van der Waals surface area contributed by atoms with Gasteiger partial charge in [-0.3, -0.25) is 0 Å². The van der Waals surface area contributed by atoms with Crippen molar-refractivity contribution in [2.24, 2.45) is 5.73 Å². The van der Waals surface area contributed by atoms with E-state index in [4.69, 9.17) is 10.7 Å². The summed E-state index contributed by atoms with van der Waals surface area (Å²) in [6.07, 6.45) is 3.11. The predicted molar refractivity (Wildman–Crippen MR) is 72.3 cm³/mol. The zero-order valence-electron chi connectivity index (χ0n) is 9.94. The van der Waals surface area contributed by atoms with Gasteiger partial charge in [-0.15, -0.1) is 11.3 Å². The van der Waals surface area contributed by atoms with E-state index in [1.165, 1.54) is 21.7 Å². The number of hydrogen-bond donors (Lipinski definition) is 1. The number of aryl methyl sites for hydroxylation is 2. The van der Waals surface area contributed by atoms with Gasteiger partial charge < -0.3 is 5.73 Å². The maximum absolute atomic E-state index is 6.00. The lowest BCUT2D eigenvalue weighted by molar-refractivity contribution is 0.576. The van der Waals surface area contributed by atoms with Crippen LogP contribution in [0, 0.1) is 6.92 Å². The Hall–Kier alpha value is -1.19. The number of nitrogens with zero attached hydrogens (tertiary/aromatic N) is 1. The van der Waals surface area contributed by atoms with E-state index < -0.39 is 0 Å². The SMILES string of the molecule is Cc1cccc(-c2nc3c(s2)CC(N)CC3)c1. The van der Waals surface area contributed by atoms with Gasteiger partial charge in [0.2, 0.25) is 0 Å². The van der Waals surface area contributed by atoms with Crippen LogP contribution >= 0.6 is 11.3 Å². The number of fused-ring (bicyclic) bond motifs is 1. The van der Waals surface area contributed by atoms with Crippen LogP contribution in [0.1, 0.15) is 22.6 Å². The van der Waals surface area contributed by atoms with Gasteiger partial charge in [0.25, 0.3) is 0 Å². The lowest BCUT2D eigenvalue weighted by Crippen LogP contribution is -2.26. The summed E-state index contributed by atoms with van der Waals surface area (Å²) < 4.78 is 0. The number of benzene rings is 1. The van der Waals surface area contributed by atoms with Crippen molar-refractivity contribution in [2.75, 3.05) is 0 Å². The van der Waals surface area contributed by atoms with Gasteiger partial charge in [-0.05, 0) is 32.3 Å². The van der Waals surface area contributed by atoms with Crippen LogP contribution in [0.3, 0.4) is 0 Å². The maximum Gasteiger partial charge on any atom is 0.123 e. The van der Waals surface area contributed by atoms with Crippen LogP contribution in [0.5, 0.6) is 0 Å². The van der Waals surface area contributed by atoms with Gasteiger partial charge in [0.15, 0.2) is 0 Å². The highest BCUT2D eigenvalue weighted by Crippen LogP contribution is 2.32. The minimum absolute atomic E-state index is 0.327. The molecule has 3 rings (SSSR count). The normalized spacial score (nSPS) is 19.1. The minimum Gasteiger partial charge on any atom is -0.327 e. The monoisotopic (exact) mass is 244 g/mol. The summed E-state index contributed by atoms with van der Waals surface area (Å²) in [5, 5.41) is 1.15. The van der Waals surface area contributed by atoms with Crippen LogP contribution in [0.2, 0.25) is 0 Å². The Labute approximate surface area is 106 Å². The van der Waals surface area contributed by atoms with Crippen LogP contribution in [0.15, 0.2) is 24.3 Å². The highest BCUT2D eigenvalue weighted by molar-refractivity contribution is 7.15. The van der Waals surface area contributed by atoms with Crippen molar-refractivity contribution in [2.45, 2.75) is 32.2 Å². The minimum atomic E-state index is 0.327. The molecule has 1 aromatic carbocycles. The molecule has 1 aliphatic carbocycles. The second kappa shape index (κ2) is 4.24. The zero-order valence-corrected chi connectivity index (χ0v) is 10.8. The zero-order chi connectivity index (χ0) is 11.8. The van der Waals surface area contributed by atoms with Crippen LogP contribution in [0.4, 0.5) is 0 Å². The third-order valence-electron chi connectivity index (χ3n) is 3.24. The van der Waals surface area contributed by atoms with Gasteiger partial charge in [0.05, 0.1) is 5.69 Å². The summed E-state index contributed by atoms with van der Waals surface area (Å²) in [6, 6.07) is 8.87. The molecule has 0 aliphatic heterocycles. The van der Waals surface area contributed by atoms with E-state index in [1.54, 1.807) is 0 Å². The van der Waals surface area contributed by atoms with Gasteiger partial charge in [0.1, 0.15) is 5.01 Å². The van der Waals surface area contributed by atoms with Crippen molar-refractivity contribution in [1.82, 2.24) is 4.98 Å². The van der Waals surface area contributed by atoms with E-state index in [2.05, 4.69) is 31.2 Å². The molecule has 0 radical (unpaired) electrons. The van der Waals surface area contributed by atoms with Gasteiger partial charge in [-0.1, -0.05) is 23.8 Å². The number of aromatic nitrogens is 1. The molecule has 3 heteroatoms. The van der Waals surface area contributed by atoms with Crippen molar-refractivity contribution in [3.63, 3.8) is 0 Å². The Morgan fingerprint density at radius 2 is 2.29 bits per heavy atom. The van der Waals surface area contributed by atoms with Crippen LogP contribution in [-0.4, -0.2) is 11.0 Å². The van der Waals surface area contributed by atoms with E-state index in [9.17, 15) is 0 Å². The summed E-state index contributed by atoms with van der Waals surface area (Å²) in [5.41, 5.74) is 9.79. The highest BCUT2D eigenvalue weighted by Gasteiger charge is 2.20. The van der Waals surface area contributed by atoms with E-state index in [-0.39, 0.29) is 0 Å². The largest absolute Gasteiger partial charge is 0.327 e. The molecule has 0 bridgehead atoms. The first-order chi connectivity index (χ1) is 8.22. The van der Waals surface area contributed by atoms with E-state index in [1.807, 2.05) is 11.3 Å². The molecule has 1 aliphatic rings. The molecule has 1 heterocycles. The summed E-state index contributed by atoms with van der Waals surface area (Å²) in [5.74, 6) is 0. The molecule has 0 amide bonds. The average molecular weight is 244 g/mol. The summed E-state index contributed by atoms with van der Waals surface area (Å²) in [6.45, 7) is 2.12. The standard InChI is InChI=1S/C14H16N2S/c1-9-3-2-4-10(7-9)14-16-12-6-5-11(15)8-13(12)17-14/h2-4,7,11H,5-6,8,15H2,1H3. The Bertz CT molecular complexity index is 545. The first-order valence-corrected chi connectivity index (χ1v) is 6.85. The van der Waals surface area contributed by atoms with Crippen LogP contribution in [-0.2, 0) is 12.8 Å². The van der Waals surface area contributed by atoms with Crippen LogP contribution in [0.25, 0.3) is 10.6 Å². The van der Waals surface area contributed by atoms with Gasteiger partial charge >= 0.3 is 0 Å². The van der Waals surface area contributed by atoms with Crippen molar-refractivity contribution in [1.29, 1.82) is 0 Å². The van der Waals surface area contributed by atoms with E-state index >= 15 is 0 Å². The Morgan fingerprint density at radius 3 is 3.12 bits per heavy atom. The molecule has 0 fully saturated rings. The van der Waals surface area contributed by atoms with Gasteiger partial charge in [-0.25, -0.2) is 4.98 Å². The molecule has 2 aromatic rings. The Morgan fingerprint density at radius 1 is 1.41 bits per heavy atom. The van der Waals surface area contributed by atoms with Crippen molar-refractivity contribution >= 4 is 11.3 Å². The van der Waals surface area contributed by atoms with E-state index in [0.29, 0.717) is 6.04 Å². The third-order valence-corrected chi connectivity index (χ3v) is 4.41. The number of hydrogen-bond acceptors (Lipinski definition) is 3. The van der Waals surface area contributed by atoms with Crippen LogP contribution < -0.4 is 5.73 Å². The first-order valence-electron chi connectivity index (χ1n) is 6.03. The Kier molecular flexibility index (Phi) is 2.73. The molecule has 1 unspecified atom stereocenters. The molecule has 2 nitrogen and oxygen atoms in total. The second-order valence-electron chi connectivity index (χ2n) is 4.76. The van der Waals surface area contributed by atoms with Crippen molar-refractivity contribution < 1.29 is 0 Å². The van der Waals surface area contributed by atoms with Crippen molar-refractivity contribution in [3.05, 3.63) is 40.4 Å². The van der Waals surface area contributed by atoms with E-state index in [0.717, 1.165) is 24.3 Å². The summed E-state index contributed by atoms with van der Waals surface area (Å²) in [7, 11) is 0. The fraction of sp³-hybridized carbons (Fsp3) is 0.357. The van der Waals surface area contributed by atoms with Gasteiger partial charge in [0, 0.05) is 16.5 Å². The molecule has 1 aromatic heterocycles. The highest BCUT2D eigenvalue weighted by atomic mass is 32.1. The fourth-order valence-electron chi connectivity index (χ4n) is 2.30. The summed E-state index contributed by atoms with van der Waals surface area (Å²) >= 11 is 1.81. The van der Waals surface area contributed by atoms with Crippen molar-refractivity contribution in [3.8, 4) is 10.6 Å². The number of rotatable bonds is 1.